The van der Waals surface area contributed by atoms with E-state index in [2.05, 4.69) is 0 Å². The number of hydrogen-bond acceptors (Lipinski definition) is 2. The summed E-state index contributed by atoms with van der Waals surface area (Å²) in [5.74, 6) is -1.23. The topological polar surface area (TPSA) is 52.0 Å². The van der Waals surface area contributed by atoms with Crippen LogP contribution in [0.2, 0.25) is 5.02 Å². The highest BCUT2D eigenvalue weighted by Gasteiger charge is 2.17. The Labute approximate surface area is 104 Å². The molecule has 0 radical (unpaired) electrons. The molecule has 1 atom stereocenters. The molecular formula is C10H14Cl2F2N2. The van der Waals surface area contributed by atoms with Gasteiger partial charge >= 0.3 is 0 Å². The number of rotatable bonds is 4. The van der Waals surface area contributed by atoms with Crippen molar-refractivity contribution in [2.45, 2.75) is 18.9 Å². The summed E-state index contributed by atoms with van der Waals surface area (Å²) in [6, 6.07) is 1.40. The predicted octanol–water partition coefficient (Wildman–Crippen LogP) is 2.78. The minimum atomic E-state index is -0.656. The maximum atomic E-state index is 13.3. The van der Waals surface area contributed by atoms with Crippen molar-refractivity contribution in [3.05, 3.63) is 34.4 Å². The largest absolute Gasteiger partial charge is 0.330 e. The molecule has 0 spiro atoms. The van der Waals surface area contributed by atoms with Crippen LogP contribution in [0.5, 0.6) is 0 Å². The van der Waals surface area contributed by atoms with E-state index in [1.54, 1.807) is 0 Å². The molecule has 0 fully saturated rings. The van der Waals surface area contributed by atoms with Crippen LogP contribution in [-0.2, 0) is 0 Å². The quantitative estimate of drug-likeness (QED) is 0.827. The molecule has 0 aliphatic carbocycles. The molecule has 0 amide bonds. The van der Waals surface area contributed by atoms with Crippen molar-refractivity contribution >= 4 is 24.0 Å². The Morgan fingerprint density at radius 1 is 1.25 bits per heavy atom. The second-order valence-electron chi connectivity index (χ2n) is 3.29. The molecule has 0 aromatic heterocycles. The second kappa shape index (κ2) is 7.01. The summed E-state index contributed by atoms with van der Waals surface area (Å²) in [4.78, 5) is 0. The molecule has 92 valence electrons. The third-order valence-corrected chi connectivity index (χ3v) is 2.55. The molecular weight excluding hydrogens is 257 g/mol. The van der Waals surface area contributed by atoms with Crippen LogP contribution in [0, 0.1) is 11.6 Å². The predicted molar refractivity (Wildman–Crippen MR) is 63.8 cm³/mol. The first kappa shape index (κ1) is 15.6. The van der Waals surface area contributed by atoms with Crippen LogP contribution in [0.15, 0.2) is 12.1 Å². The van der Waals surface area contributed by atoms with Gasteiger partial charge in [0.05, 0.1) is 5.02 Å². The first-order chi connectivity index (χ1) is 7.07. The molecule has 2 nitrogen and oxygen atoms in total. The van der Waals surface area contributed by atoms with Crippen molar-refractivity contribution in [3.63, 3.8) is 0 Å². The summed E-state index contributed by atoms with van der Waals surface area (Å²) < 4.78 is 26.4. The van der Waals surface area contributed by atoms with Gasteiger partial charge in [0.2, 0.25) is 0 Å². The van der Waals surface area contributed by atoms with E-state index in [0.717, 1.165) is 12.1 Å². The number of nitrogens with two attached hydrogens (primary N) is 2. The standard InChI is InChI=1S/C10H13ClF2N2.ClH/c11-10-7(13)4-3-6(12)9(10)8(15)2-1-5-14;/h3-4,8H,1-2,5,14-15H2;1H/t8-;/m0./s1. The maximum Gasteiger partial charge on any atom is 0.142 e. The van der Waals surface area contributed by atoms with Gasteiger partial charge in [-0.15, -0.1) is 12.4 Å². The monoisotopic (exact) mass is 270 g/mol. The molecule has 0 unspecified atom stereocenters. The first-order valence-electron chi connectivity index (χ1n) is 4.67. The van der Waals surface area contributed by atoms with Gasteiger partial charge in [-0.3, -0.25) is 0 Å². The number of halogens is 4. The Balaban J connectivity index is 0.00000225. The molecule has 0 aliphatic heterocycles. The summed E-state index contributed by atoms with van der Waals surface area (Å²) in [5.41, 5.74) is 11.0. The second-order valence-corrected chi connectivity index (χ2v) is 3.67. The molecule has 0 saturated carbocycles. The van der Waals surface area contributed by atoms with Crippen molar-refractivity contribution in [1.82, 2.24) is 0 Å². The lowest BCUT2D eigenvalue weighted by molar-refractivity contribution is 0.540. The van der Waals surface area contributed by atoms with Gasteiger partial charge < -0.3 is 11.5 Å². The third kappa shape index (κ3) is 3.56. The third-order valence-electron chi connectivity index (χ3n) is 2.17. The van der Waals surface area contributed by atoms with Crippen LogP contribution in [0.1, 0.15) is 24.4 Å². The molecule has 0 aliphatic rings. The van der Waals surface area contributed by atoms with Crippen molar-refractivity contribution in [2.75, 3.05) is 6.54 Å². The summed E-state index contributed by atoms with van der Waals surface area (Å²) in [7, 11) is 0. The normalized spacial score (nSPS) is 12.1. The molecule has 1 aromatic rings. The smallest absolute Gasteiger partial charge is 0.142 e. The maximum absolute atomic E-state index is 13.3. The van der Waals surface area contributed by atoms with E-state index >= 15 is 0 Å². The van der Waals surface area contributed by atoms with Crippen LogP contribution in [0.4, 0.5) is 8.78 Å². The average molecular weight is 271 g/mol. The van der Waals surface area contributed by atoms with E-state index in [1.807, 2.05) is 0 Å². The molecule has 1 aromatic carbocycles. The molecule has 0 bridgehead atoms. The van der Waals surface area contributed by atoms with Crippen molar-refractivity contribution in [3.8, 4) is 0 Å². The number of hydrogen-bond donors (Lipinski definition) is 2. The van der Waals surface area contributed by atoms with Crippen molar-refractivity contribution in [2.24, 2.45) is 11.5 Å². The summed E-state index contributed by atoms with van der Waals surface area (Å²) in [5, 5.41) is -0.237. The van der Waals surface area contributed by atoms with E-state index < -0.39 is 17.7 Å². The summed E-state index contributed by atoms with van der Waals surface area (Å²) in [6.07, 6.45) is 1.13. The van der Waals surface area contributed by atoms with Gasteiger partial charge in [-0.1, -0.05) is 11.6 Å². The van der Waals surface area contributed by atoms with E-state index in [4.69, 9.17) is 23.1 Å². The Morgan fingerprint density at radius 2 is 1.81 bits per heavy atom. The van der Waals surface area contributed by atoms with Crippen LogP contribution < -0.4 is 11.5 Å². The highest BCUT2D eigenvalue weighted by atomic mass is 35.5. The van der Waals surface area contributed by atoms with Gasteiger partial charge in [-0.05, 0) is 31.5 Å². The molecule has 0 saturated heterocycles. The van der Waals surface area contributed by atoms with Crippen LogP contribution >= 0.6 is 24.0 Å². The minimum absolute atomic E-state index is 0. The molecule has 16 heavy (non-hydrogen) atoms. The van der Waals surface area contributed by atoms with Gasteiger partial charge in [0.25, 0.3) is 0 Å². The van der Waals surface area contributed by atoms with Crippen LogP contribution in [-0.4, -0.2) is 6.54 Å². The average Bonchev–Trinajstić information content (AvgIpc) is 2.21. The Morgan fingerprint density at radius 3 is 2.38 bits per heavy atom. The van der Waals surface area contributed by atoms with E-state index in [0.29, 0.717) is 19.4 Å². The lowest BCUT2D eigenvalue weighted by Crippen LogP contribution is -2.15. The Hall–Kier alpha value is -0.420. The van der Waals surface area contributed by atoms with Crippen LogP contribution in [0.3, 0.4) is 0 Å². The fourth-order valence-electron chi connectivity index (χ4n) is 1.36. The lowest BCUT2D eigenvalue weighted by Gasteiger charge is -2.14. The molecule has 6 heteroatoms. The minimum Gasteiger partial charge on any atom is -0.330 e. The van der Waals surface area contributed by atoms with E-state index in [9.17, 15) is 8.78 Å². The summed E-state index contributed by atoms with van der Waals surface area (Å²) in [6.45, 7) is 0.461. The molecule has 4 N–H and O–H groups in total. The van der Waals surface area contributed by atoms with Gasteiger partial charge in [0.1, 0.15) is 11.6 Å². The van der Waals surface area contributed by atoms with E-state index in [1.165, 1.54) is 0 Å². The fraction of sp³-hybridized carbons (Fsp3) is 0.400. The Kier molecular flexibility index (Phi) is 6.83. The van der Waals surface area contributed by atoms with Gasteiger partial charge in [-0.2, -0.15) is 0 Å². The SMILES string of the molecule is Cl.NCCC[C@H](N)c1c(F)ccc(F)c1Cl. The highest BCUT2D eigenvalue weighted by Crippen LogP contribution is 2.29. The van der Waals surface area contributed by atoms with E-state index in [-0.39, 0.29) is 23.0 Å². The Bertz CT molecular complexity index is 348. The lowest BCUT2D eigenvalue weighted by atomic mass is 10.0. The van der Waals surface area contributed by atoms with Crippen molar-refractivity contribution < 1.29 is 8.78 Å². The van der Waals surface area contributed by atoms with Crippen molar-refractivity contribution in [1.29, 1.82) is 0 Å². The van der Waals surface area contributed by atoms with Gasteiger partial charge in [0, 0.05) is 11.6 Å². The molecule has 1 rings (SSSR count). The number of benzene rings is 1. The van der Waals surface area contributed by atoms with Crippen LogP contribution in [0.25, 0.3) is 0 Å². The fourth-order valence-corrected chi connectivity index (χ4v) is 1.66. The summed E-state index contributed by atoms with van der Waals surface area (Å²) >= 11 is 5.65. The highest BCUT2D eigenvalue weighted by molar-refractivity contribution is 6.31. The van der Waals surface area contributed by atoms with Gasteiger partial charge in [-0.25, -0.2) is 8.78 Å². The first-order valence-corrected chi connectivity index (χ1v) is 5.04. The zero-order chi connectivity index (χ0) is 11.4. The van der Waals surface area contributed by atoms with Gasteiger partial charge in [0.15, 0.2) is 0 Å². The zero-order valence-corrected chi connectivity index (χ0v) is 10.1. The molecule has 0 heterocycles. The zero-order valence-electron chi connectivity index (χ0n) is 8.55.